The molecule has 176 valence electrons. The zero-order valence-corrected chi connectivity index (χ0v) is 20.4. The number of amides is 1. The Morgan fingerprint density at radius 1 is 1.00 bits per heavy atom. The third-order valence-corrected chi connectivity index (χ3v) is 6.88. The molecule has 0 spiro atoms. The van der Waals surface area contributed by atoms with Crippen molar-refractivity contribution in [1.82, 2.24) is 9.62 Å². The van der Waals surface area contributed by atoms with Crippen LogP contribution < -0.4 is 15.4 Å². The summed E-state index contributed by atoms with van der Waals surface area (Å²) in [6.45, 7) is 0.266. The number of ether oxygens (including phenoxy) is 1. The second-order valence-corrected chi connectivity index (χ2v) is 9.74. The number of carbonyl (C=O) groups is 1. The quantitative estimate of drug-likeness (QED) is 0.362. The maximum Gasteiger partial charge on any atom is 0.250 e. The van der Waals surface area contributed by atoms with Crippen LogP contribution in [0.4, 0.5) is 5.69 Å². The first kappa shape index (κ1) is 25.1. The van der Waals surface area contributed by atoms with Crippen LogP contribution >= 0.6 is 12.2 Å². The molecule has 7 nitrogen and oxygen atoms in total. The zero-order valence-electron chi connectivity index (χ0n) is 18.8. The lowest BCUT2D eigenvalue weighted by Crippen LogP contribution is -2.32. The topological polar surface area (TPSA) is 87.7 Å². The van der Waals surface area contributed by atoms with Crippen LogP contribution in [0.15, 0.2) is 89.8 Å². The minimum absolute atomic E-state index is 0.0893. The molecule has 0 radical (unpaired) electrons. The van der Waals surface area contributed by atoms with Crippen molar-refractivity contribution < 1.29 is 17.9 Å². The summed E-state index contributed by atoms with van der Waals surface area (Å²) in [6, 6.07) is 22.8. The van der Waals surface area contributed by atoms with Gasteiger partial charge >= 0.3 is 0 Å². The number of hydrogen-bond acceptors (Lipinski definition) is 5. The Bertz CT molecular complexity index is 1280. The summed E-state index contributed by atoms with van der Waals surface area (Å²) in [5.41, 5.74) is 2.20. The van der Waals surface area contributed by atoms with Crippen LogP contribution in [-0.2, 0) is 21.4 Å². The van der Waals surface area contributed by atoms with E-state index < -0.39 is 15.9 Å². The molecule has 0 saturated heterocycles. The van der Waals surface area contributed by atoms with Crippen LogP contribution in [0.25, 0.3) is 6.08 Å². The maximum atomic E-state index is 12.9. The molecule has 9 heteroatoms. The van der Waals surface area contributed by atoms with Crippen molar-refractivity contribution in [2.75, 3.05) is 19.5 Å². The fraction of sp³-hybridized carbons (Fsp3) is 0.120. The number of nitrogens with zero attached hydrogens (tertiary/aromatic N) is 1. The van der Waals surface area contributed by atoms with E-state index in [4.69, 9.17) is 17.0 Å². The highest BCUT2D eigenvalue weighted by atomic mass is 32.2. The number of para-hydroxylation sites is 1. The molecule has 0 unspecified atom stereocenters. The van der Waals surface area contributed by atoms with E-state index in [2.05, 4.69) is 10.6 Å². The predicted molar refractivity (Wildman–Crippen MR) is 138 cm³/mol. The largest absolute Gasteiger partial charge is 0.496 e. The number of anilines is 1. The number of carbonyl (C=O) groups excluding carboxylic acids is 1. The van der Waals surface area contributed by atoms with Crippen molar-refractivity contribution in [2.45, 2.75) is 11.4 Å². The standard InChI is InChI=1S/C25H25N3O4S2/c1-28(18-19-8-4-3-5-9-19)34(30,31)22-15-13-21(14-16-22)26-25(33)27-24(29)17-12-20-10-6-7-11-23(20)32-2/h3-17H,18H2,1-2H3,(H2,26,27,29,33)/b17-12+. The molecule has 3 aromatic carbocycles. The van der Waals surface area contributed by atoms with E-state index >= 15 is 0 Å². The van der Waals surface area contributed by atoms with Crippen molar-refractivity contribution in [3.05, 3.63) is 96.1 Å². The molecule has 0 aliphatic carbocycles. The van der Waals surface area contributed by atoms with E-state index in [0.717, 1.165) is 11.1 Å². The molecule has 0 saturated carbocycles. The first-order chi connectivity index (χ1) is 16.3. The molecule has 34 heavy (non-hydrogen) atoms. The summed E-state index contributed by atoms with van der Waals surface area (Å²) in [7, 11) is -0.559. The lowest BCUT2D eigenvalue weighted by Gasteiger charge is -2.17. The first-order valence-corrected chi connectivity index (χ1v) is 12.2. The highest BCUT2D eigenvalue weighted by Crippen LogP contribution is 2.20. The fourth-order valence-electron chi connectivity index (χ4n) is 3.10. The Hall–Kier alpha value is -3.53. The number of benzene rings is 3. The van der Waals surface area contributed by atoms with Crippen LogP contribution in [0, 0.1) is 0 Å². The lowest BCUT2D eigenvalue weighted by atomic mass is 10.2. The summed E-state index contributed by atoms with van der Waals surface area (Å²) >= 11 is 5.18. The third-order valence-electron chi connectivity index (χ3n) is 4.86. The van der Waals surface area contributed by atoms with E-state index in [1.54, 1.807) is 31.4 Å². The summed E-state index contributed by atoms with van der Waals surface area (Å²) in [4.78, 5) is 12.3. The predicted octanol–water partition coefficient (Wildman–Crippen LogP) is 4.04. The van der Waals surface area contributed by atoms with Crippen LogP contribution in [0.3, 0.4) is 0 Å². The minimum atomic E-state index is -3.66. The van der Waals surface area contributed by atoms with Gasteiger partial charge in [0.05, 0.1) is 12.0 Å². The molecule has 3 aromatic rings. The van der Waals surface area contributed by atoms with Gasteiger partial charge in [-0.05, 0) is 54.2 Å². The van der Waals surface area contributed by atoms with Crippen LogP contribution in [-0.4, -0.2) is 37.9 Å². The number of nitrogens with one attached hydrogen (secondary N) is 2. The van der Waals surface area contributed by atoms with Gasteiger partial charge in [-0.3, -0.25) is 10.1 Å². The molecule has 0 atom stereocenters. The van der Waals surface area contributed by atoms with Crippen molar-refractivity contribution in [3.8, 4) is 5.75 Å². The molecule has 0 aliphatic rings. The molecular weight excluding hydrogens is 470 g/mol. The van der Waals surface area contributed by atoms with E-state index in [0.29, 0.717) is 11.4 Å². The molecule has 0 heterocycles. The number of methoxy groups -OCH3 is 1. The van der Waals surface area contributed by atoms with E-state index in [9.17, 15) is 13.2 Å². The van der Waals surface area contributed by atoms with E-state index in [1.807, 2.05) is 48.5 Å². The molecule has 2 N–H and O–H groups in total. The van der Waals surface area contributed by atoms with Crippen LogP contribution in [0.1, 0.15) is 11.1 Å². The van der Waals surface area contributed by atoms with Gasteiger partial charge in [-0.15, -0.1) is 0 Å². The average molecular weight is 496 g/mol. The molecule has 0 aromatic heterocycles. The highest BCUT2D eigenvalue weighted by Gasteiger charge is 2.20. The third kappa shape index (κ3) is 6.74. The van der Waals surface area contributed by atoms with Gasteiger partial charge in [-0.2, -0.15) is 4.31 Å². The van der Waals surface area contributed by atoms with Gasteiger partial charge in [0.2, 0.25) is 15.9 Å². The Morgan fingerprint density at radius 2 is 1.65 bits per heavy atom. The number of sulfonamides is 1. The average Bonchev–Trinajstić information content (AvgIpc) is 2.83. The van der Waals surface area contributed by atoms with Crippen molar-refractivity contribution in [2.24, 2.45) is 0 Å². The van der Waals surface area contributed by atoms with Gasteiger partial charge in [0.15, 0.2) is 5.11 Å². The van der Waals surface area contributed by atoms with Gasteiger partial charge in [0, 0.05) is 30.9 Å². The van der Waals surface area contributed by atoms with Crippen molar-refractivity contribution in [1.29, 1.82) is 0 Å². The van der Waals surface area contributed by atoms with E-state index in [-0.39, 0.29) is 16.6 Å². The van der Waals surface area contributed by atoms with E-state index in [1.165, 1.54) is 29.6 Å². The van der Waals surface area contributed by atoms with Crippen molar-refractivity contribution >= 4 is 45.0 Å². The molecule has 0 aliphatic heterocycles. The highest BCUT2D eigenvalue weighted by molar-refractivity contribution is 7.89. The Morgan fingerprint density at radius 3 is 2.32 bits per heavy atom. The summed E-state index contributed by atoms with van der Waals surface area (Å²) in [5, 5.41) is 5.52. The smallest absolute Gasteiger partial charge is 0.250 e. The summed E-state index contributed by atoms with van der Waals surface area (Å²) in [5.74, 6) is 0.238. The molecule has 1 amide bonds. The SMILES string of the molecule is COc1ccccc1/C=C/C(=O)NC(=S)Nc1ccc(S(=O)(=O)N(C)Cc2ccccc2)cc1. The second kappa shape index (κ2) is 11.6. The monoisotopic (exact) mass is 495 g/mol. The van der Waals surface area contributed by atoms with Gasteiger partial charge < -0.3 is 10.1 Å². The Balaban J connectivity index is 1.57. The van der Waals surface area contributed by atoms with Crippen LogP contribution in [0.5, 0.6) is 5.75 Å². The number of rotatable bonds is 8. The van der Waals surface area contributed by atoms with Gasteiger partial charge in [-0.1, -0.05) is 48.5 Å². The maximum absolute atomic E-state index is 12.9. The van der Waals surface area contributed by atoms with Gasteiger partial charge in [0.1, 0.15) is 5.75 Å². The summed E-state index contributed by atoms with van der Waals surface area (Å²) in [6.07, 6.45) is 2.98. The van der Waals surface area contributed by atoms with Crippen molar-refractivity contribution in [3.63, 3.8) is 0 Å². The second-order valence-electron chi connectivity index (χ2n) is 7.29. The Kier molecular flexibility index (Phi) is 8.53. The summed E-state index contributed by atoms with van der Waals surface area (Å²) < 4.78 is 32.3. The normalized spacial score (nSPS) is 11.4. The molecule has 3 rings (SSSR count). The lowest BCUT2D eigenvalue weighted by molar-refractivity contribution is -0.115. The van der Waals surface area contributed by atoms with Gasteiger partial charge in [-0.25, -0.2) is 8.42 Å². The molecular formula is C25H25N3O4S2. The molecule has 0 bridgehead atoms. The number of hydrogen-bond donors (Lipinski definition) is 2. The first-order valence-electron chi connectivity index (χ1n) is 10.3. The molecule has 0 fully saturated rings. The fourth-order valence-corrected chi connectivity index (χ4v) is 4.48. The zero-order chi connectivity index (χ0) is 24.6. The number of thiocarbonyl (C=S) groups is 1. The minimum Gasteiger partial charge on any atom is -0.496 e. The van der Waals surface area contributed by atoms with Crippen LogP contribution in [0.2, 0.25) is 0 Å². The van der Waals surface area contributed by atoms with Gasteiger partial charge in [0.25, 0.3) is 0 Å². The Labute approximate surface area is 205 Å².